The number of ether oxygens (including phenoxy) is 1. The van der Waals surface area contributed by atoms with Crippen LogP contribution in [0.25, 0.3) is 0 Å². The van der Waals surface area contributed by atoms with E-state index >= 15 is 0 Å². The molecule has 0 spiro atoms. The molecule has 1 atom stereocenters. The van der Waals surface area contributed by atoms with E-state index in [2.05, 4.69) is 4.90 Å². The third kappa shape index (κ3) is 3.92. The van der Waals surface area contributed by atoms with E-state index in [1.807, 2.05) is 4.90 Å². The molecule has 0 aromatic carbocycles. The molecule has 0 aliphatic carbocycles. The fraction of sp³-hybridized carbons (Fsp3) is 0.933. The number of thioether (sulfide) groups is 1. The third-order valence-electron chi connectivity index (χ3n) is 4.83. The minimum Gasteiger partial charge on any atom is -0.388 e. The molecule has 3 saturated heterocycles. The van der Waals surface area contributed by atoms with Crippen LogP contribution >= 0.6 is 11.8 Å². The van der Waals surface area contributed by atoms with Crippen LogP contribution in [0.2, 0.25) is 0 Å². The predicted octanol–water partition coefficient (Wildman–Crippen LogP) is 0.568. The molecule has 0 bridgehead atoms. The number of rotatable bonds is 3. The second-order valence-electron chi connectivity index (χ2n) is 6.44. The summed E-state index contributed by atoms with van der Waals surface area (Å²) in [6.07, 6.45) is 3.59. The first-order chi connectivity index (χ1) is 10.2. The Morgan fingerprint density at radius 3 is 2.57 bits per heavy atom. The van der Waals surface area contributed by atoms with Gasteiger partial charge in [-0.1, -0.05) is 0 Å². The number of nitrogens with zero attached hydrogens (tertiary/aromatic N) is 2. The summed E-state index contributed by atoms with van der Waals surface area (Å²) in [6, 6.07) is 0. The minimum absolute atomic E-state index is 0.176. The van der Waals surface area contributed by atoms with Crippen LogP contribution in [-0.4, -0.2) is 83.4 Å². The standard InChI is InChI=1S/C15H26N2O3S/c18-14(13-2-1-11-21-13)17-5-3-15(19,4-6-17)12-16-7-9-20-10-8-16/h13,19H,1-12H2. The smallest absolute Gasteiger partial charge is 0.235 e. The lowest BCUT2D eigenvalue weighted by Gasteiger charge is -2.42. The van der Waals surface area contributed by atoms with Gasteiger partial charge >= 0.3 is 0 Å². The van der Waals surface area contributed by atoms with E-state index < -0.39 is 5.60 Å². The van der Waals surface area contributed by atoms with Gasteiger partial charge in [0.15, 0.2) is 0 Å². The fourth-order valence-corrected chi connectivity index (χ4v) is 4.70. The Bertz CT molecular complexity index is 360. The maximum atomic E-state index is 12.4. The molecule has 1 unspecified atom stereocenters. The number of hydrogen-bond acceptors (Lipinski definition) is 5. The Labute approximate surface area is 131 Å². The molecule has 5 nitrogen and oxygen atoms in total. The molecule has 3 aliphatic rings. The predicted molar refractivity (Wildman–Crippen MR) is 83.5 cm³/mol. The number of β-amino-alcohol motifs (C(OH)–C–C–N with tert-alkyl or cyclic N) is 1. The van der Waals surface area contributed by atoms with Gasteiger partial charge in [0.2, 0.25) is 5.91 Å². The molecule has 1 amide bonds. The Morgan fingerprint density at radius 1 is 1.24 bits per heavy atom. The summed E-state index contributed by atoms with van der Waals surface area (Å²) in [5.41, 5.74) is -0.628. The molecule has 3 aliphatic heterocycles. The van der Waals surface area contributed by atoms with Crippen LogP contribution in [-0.2, 0) is 9.53 Å². The van der Waals surface area contributed by atoms with Gasteiger partial charge in [-0.3, -0.25) is 9.69 Å². The van der Waals surface area contributed by atoms with E-state index in [4.69, 9.17) is 4.74 Å². The van der Waals surface area contributed by atoms with E-state index in [1.54, 1.807) is 11.8 Å². The van der Waals surface area contributed by atoms with Crippen LogP contribution in [0.15, 0.2) is 0 Å². The van der Waals surface area contributed by atoms with Crippen LogP contribution in [0.1, 0.15) is 25.7 Å². The molecule has 21 heavy (non-hydrogen) atoms. The van der Waals surface area contributed by atoms with Crippen molar-refractivity contribution in [3.05, 3.63) is 0 Å². The number of carbonyl (C=O) groups is 1. The maximum Gasteiger partial charge on any atom is 0.235 e. The first kappa shape index (κ1) is 15.6. The van der Waals surface area contributed by atoms with Gasteiger partial charge in [0.25, 0.3) is 0 Å². The van der Waals surface area contributed by atoms with Crippen LogP contribution < -0.4 is 0 Å². The summed E-state index contributed by atoms with van der Waals surface area (Å²) < 4.78 is 5.35. The lowest BCUT2D eigenvalue weighted by Crippen LogP contribution is -2.54. The van der Waals surface area contributed by atoms with Crippen LogP contribution in [0.4, 0.5) is 0 Å². The summed E-state index contributed by atoms with van der Waals surface area (Å²) >= 11 is 1.80. The number of morpholine rings is 1. The summed E-state index contributed by atoms with van der Waals surface area (Å²) in [5.74, 6) is 1.41. The number of aliphatic hydroxyl groups is 1. The molecule has 3 rings (SSSR count). The SMILES string of the molecule is O=C(C1CCCS1)N1CCC(O)(CN2CCOCC2)CC1. The van der Waals surface area contributed by atoms with Crippen molar-refractivity contribution in [3.8, 4) is 0 Å². The van der Waals surface area contributed by atoms with Crippen molar-refractivity contribution in [2.24, 2.45) is 0 Å². The van der Waals surface area contributed by atoms with Crippen LogP contribution in [0.3, 0.4) is 0 Å². The minimum atomic E-state index is -0.628. The molecular formula is C15H26N2O3S. The van der Waals surface area contributed by atoms with Gasteiger partial charge in [0.05, 0.1) is 24.1 Å². The molecule has 120 valence electrons. The third-order valence-corrected chi connectivity index (χ3v) is 6.20. The molecule has 0 aromatic rings. The lowest BCUT2D eigenvalue weighted by molar-refractivity contribution is -0.135. The number of likely N-dealkylation sites (tertiary alicyclic amines) is 1. The molecule has 0 saturated carbocycles. The Hall–Kier alpha value is -0.300. The van der Waals surface area contributed by atoms with E-state index in [0.29, 0.717) is 31.8 Å². The van der Waals surface area contributed by atoms with Crippen molar-refractivity contribution in [2.75, 3.05) is 51.7 Å². The van der Waals surface area contributed by atoms with Crippen molar-refractivity contribution in [1.82, 2.24) is 9.80 Å². The van der Waals surface area contributed by atoms with Gasteiger partial charge in [-0.2, -0.15) is 0 Å². The van der Waals surface area contributed by atoms with Crippen molar-refractivity contribution in [1.29, 1.82) is 0 Å². The average Bonchev–Trinajstić information content (AvgIpc) is 3.02. The van der Waals surface area contributed by atoms with Gasteiger partial charge in [0, 0.05) is 32.7 Å². The number of amides is 1. The highest BCUT2D eigenvalue weighted by molar-refractivity contribution is 8.00. The summed E-state index contributed by atoms with van der Waals surface area (Å²) in [4.78, 5) is 16.7. The van der Waals surface area contributed by atoms with Gasteiger partial charge in [0.1, 0.15) is 0 Å². The zero-order valence-corrected chi connectivity index (χ0v) is 13.4. The molecule has 1 N–H and O–H groups in total. The monoisotopic (exact) mass is 314 g/mol. The van der Waals surface area contributed by atoms with Gasteiger partial charge in [-0.05, 0) is 31.4 Å². The van der Waals surface area contributed by atoms with E-state index in [-0.39, 0.29) is 5.25 Å². The van der Waals surface area contributed by atoms with Crippen molar-refractivity contribution in [2.45, 2.75) is 36.5 Å². The largest absolute Gasteiger partial charge is 0.388 e. The van der Waals surface area contributed by atoms with Gasteiger partial charge < -0.3 is 14.7 Å². The Kier molecular flexibility index (Phi) is 5.09. The highest BCUT2D eigenvalue weighted by atomic mass is 32.2. The number of carbonyl (C=O) groups excluding carboxylic acids is 1. The zero-order valence-electron chi connectivity index (χ0n) is 12.6. The van der Waals surface area contributed by atoms with Gasteiger partial charge in [-0.15, -0.1) is 11.8 Å². The summed E-state index contributed by atoms with van der Waals surface area (Å²) in [5, 5.41) is 10.9. The normalized spacial score (nSPS) is 30.5. The lowest BCUT2D eigenvalue weighted by atomic mass is 9.90. The highest BCUT2D eigenvalue weighted by Crippen LogP contribution is 2.30. The maximum absolute atomic E-state index is 12.4. The molecule has 3 heterocycles. The van der Waals surface area contributed by atoms with Crippen LogP contribution in [0.5, 0.6) is 0 Å². The summed E-state index contributed by atoms with van der Waals surface area (Å²) in [6.45, 7) is 5.47. The second-order valence-corrected chi connectivity index (χ2v) is 7.75. The van der Waals surface area contributed by atoms with Crippen molar-refractivity contribution >= 4 is 17.7 Å². The zero-order chi connectivity index (χ0) is 14.7. The van der Waals surface area contributed by atoms with Crippen molar-refractivity contribution in [3.63, 3.8) is 0 Å². The second kappa shape index (κ2) is 6.86. The number of hydrogen-bond donors (Lipinski definition) is 1. The van der Waals surface area contributed by atoms with Crippen LogP contribution in [0, 0.1) is 0 Å². The van der Waals surface area contributed by atoms with Gasteiger partial charge in [-0.25, -0.2) is 0 Å². The van der Waals surface area contributed by atoms with E-state index in [0.717, 1.165) is 51.4 Å². The molecule has 3 fully saturated rings. The Morgan fingerprint density at radius 2 is 1.95 bits per heavy atom. The summed E-state index contributed by atoms with van der Waals surface area (Å²) in [7, 11) is 0. The quantitative estimate of drug-likeness (QED) is 0.825. The number of piperidine rings is 1. The first-order valence-electron chi connectivity index (χ1n) is 8.09. The average molecular weight is 314 g/mol. The fourth-order valence-electron chi connectivity index (χ4n) is 3.45. The molecular weight excluding hydrogens is 288 g/mol. The highest BCUT2D eigenvalue weighted by Gasteiger charge is 2.37. The van der Waals surface area contributed by atoms with Crippen molar-refractivity contribution < 1.29 is 14.6 Å². The molecule has 0 aromatic heterocycles. The first-order valence-corrected chi connectivity index (χ1v) is 9.14. The molecule has 0 radical (unpaired) electrons. The van der Waals surface area contributed by atoms with E-state index in [9.17, 15) is 9.90 Å². The topological polar surface area (TPSA) is 53.0 Å². The molecule has 6 heteroatoms. The van der Waals surface area contributed by atoms with E-state index in [1.165, 1.54) is 0 Å². The Balaban J connectivity index is 1.48.